The van der Waals surface area contributed by atoms with E-state index in [4.69, 9.17) is 9.47 Å². The van der Waals surface area contributed by atoms with Crippen molar-refractivity contribution in [2.24, 2.45) is 0 Å². The lowest BCUT2D eigenvalue weighted by Gasteiger charge is -2.28. The van der Waals surface area contributed by atoms with Gasteiger partial charge in [0.05, 0.1) is 12.5 Å². The van der Waals surface area contributed by atoms with E-state index in [9.17, 15) is 4.79 Å². The molecule has 114 valence electrons. The summed E-state index contributed by atoms with van der Waals surface area (Å²) in [5, 5.41) is 3.35. The van der Waals surface area contributed by atoms with Crippen LogP contribution in [0.2, 0.25) is 0 Å². The van der Waals surface area contributed by atoms with Gasteiger partial charge in [-0.05, 0) is 30.9 Å². The Balaban J connectivity index is 1.53. The second-order valence-corrected chi connectivity index (χ2v) is 6.01. The van der Waals surface area contributed by atoms with E-state index < -0.39 is 0 Å². The fourth-order valence-corrected chi connectivity index (χ4v) is 3.40. The van der Waals surface area contributed by atoms with Crippen LogP contribution in [0.15, 0.2) is 24.3 Å². The number of hydrogen-bond acceptors (Lipinski definition) is 4. The van der Waals surface area contributed by atoms with E-state index in [1.54, 1.807) is 7.11 Å². The van der Waals surface area contributed by atoms with E-state index >= 15 is 0 Å². The van der Waals surface area contributed by atoms with Crippen molar-refractivity contribution >= 4 is 11.7 Å². The second kappa shape index (κ2) is 6.48. The highest BCUT2D eigenvalue weighted by molar-refractivity contribution is 5.72. The molecule has 0 aromatic heterocycles. The number of ether oxygens (including phenoxy) is 2. The Labute approximate surface area is 125 Å². The highest BCUT2D eigenvalue weighted by Gasteiger charge is 2.28. The molecule has 1 aliphatic heterocycles. The molecular formula is C17H23NO3. The van der Waals surface area contributed by atoms with E-state index in [0.717, 1.165) is 37.9 Å². The standard InChI is InChI=1S/C17H23NO3/c1-20-13-5-4-6-14(10-13)21-17(19)9-12-11-18-16-8-3-2-7-15(12)16/h2-3,7-8,12-14,18H,4-6,9-11H2,1H3. The van der Waals surface area contributed by atoms with Crippen molar-refractivity contribution in [2.45, 2.75) is 50.2 Å². The summed E-state index contributed by atoms with van der Waals surface area (Å²) in [5.74, 6) is 0.149. The Morgan fingerprint density at radius 3 is 2.95 bits per heavy atom. The first-order chi connectivity index (χ1) is 10.3. The van der Waals surface area contributed by atoms with Gasteiger partial charge in [0.15, 0.2) is 0 Å². The highest BCUT2D eigenvalue weighted by Crippen LogP contribution is 2.34. The summed E-state index contributed by atoms with van der Waals surface area (Å²) < 4.78 is 11.0. The largest absolute Gasteiger partial charge is 0.462 e. The lowest BCUT2D eigenvalue weighted by molar-refractivity contribution is -0.153. The third kappa shape index (κ3) is 3.38. The maximum atomic E-state index is 12.2. The van der Waals surface area contributed by atoms with E-state index in [1.807, 2.05) is 12.1 Å². The number of carbonyl (C=O) groups is 1. The predicted octanol–water partition coefficient (Wildman–Crippen LogP) is 3.09. The zero-order chi connectivity index (χ0) is 14.7. The van der Waals surface area contributed by atoms with Crippen molar-refractivity contribution in [3.63, 3.8) is 0 Å². The minimum atomic E-state index is -0.0831. The number of carbonyl (C=O) groups excluding carboxylic acids is 1. The lowest BCUT2D eigenvalue weighted by atomic mass is 9.94. The monoisotopic (exact) mass is 289 g/mol. The molecule has 0 radical (unpaired) electrons. The molecule has 0 amide bonds. The van der Waals surface area contributed by atoms with Gasteiger partial charge >= 0.3 is 5.97 Å². The van der Waals surface area contributed by atoms with Gasteiger partial charge in [-0.15, -0.1) is 0 Å². The van der Waals surface area contributed by atoms with Crippen molar-refractivity contribution in [1.82, 2.24) is 0 Å². The molecule has 21 heavy (non-hydrogen) atoms. The minimum absolute atomic E-state index is 0.0285. The van der Waals surface area contributed by atoms with Crippen LogP contribution in [0.1, 0.15) is 43.6 Å². The molecule has 1 aliphatic carbocycles. The number of benzene rings is 1. The van der Waals surface area contributed by atoms with Crippen molar-refractivity contribution in [1.29, 1.82) is 0 Å². The van der Waals surface area contributed by atoms with Crippen molar-refractivity contribution in [3.8, 4) is 0 Å². The third-order valence-electron chi connectivity index (χ3n) is 4.56. The smallest absolute Gasteiger partial charge is 0.306 e. The quantitative estimate of drug-likeness (QED) is 0.865. The summed E-state index contributed by atoms with van der Waals surface area (Å²) in [4.78, 5) is 12.2. The van der Waals surface area contributed by atoms with Gasteiger partial charge in [0.1, 0.15) is 6.10 Å². The molecule has 0 saturated heterocycles. The molecule has 1 heterocycles. The summed E-state index contributed by atoms with van der Waals surface area (Å²) in [6.45, 7) is 0.819. The average molecular weight is 289 g/mol. The van der Waals surface area contributed by atoms with Crippen LogP contribution in [0.3, 0.4) is 0 Å². The van der Waals surface area contributed by atoms with Crippen LogP contribution >= 0.6 is 0 Å². The number of esters is 1. The van der Waals surface area contributed by atoms with E-state index in [0.29, 0.717) is 6.42 Å². The summed E-state index contributed by atoms with van der Waals surface area (Å²) >= 11 is 0. The van der Waals surface area contributed by atoms with Crippen molar-refractivity contribution in [2.75, 3.05) is 19.0 Å². The lowest BCUT2D eigenvalue weighted by Crippen LogP contribution is -2.29. The Bertz CT molecular complexity index is 503. The van der Waals surface area contributed by atoms with Gasteiger partial charge in [-0.3, -0.25) is 4.79 Å². The predicted molar refractivity (Wildman–Crippen MR) is 81.4 cm³/mol. The molecule has 1 aromatic carbocycles. The highest BCUT2D eigenvalue weighted by atomic mass is 16.5. The summed E-state index contributed by atoms with van der Waals surface area (Å²) in [5.41, 5.74) is 2.38. The normalized spacial score (nSPS) is 27.8. The maximum absolute atomic E-state index is 12.2. The van der Waals surface area contributed by atoms with Crippen LogP contribution in [0.25, 0.3) is 0 Å². The Morgan fingerprint density at radius 2 is 2.10 bits per heavy atom. The zero-order valence-electron chi connectivity index (χ0n) is 12.5. The number of anilines is 1. The topological polar surface area (TPSA) is 47.6 Å². The molecule has 0 bridgehead atoms. The van der Waals surface area contributed by atoms with Crippen molar-refractivity contribution in [3.05, 3.63) is 29.8 Å². The molecule has 3 atom stereocenters. The number of rotatable bonds is 4. The second-order valence-electron chi connectivity index (χ2n) is 6.01. The molecule has 3 unspecified atom stereocenters. The van der Waals surface area contributed by atoms with Crippen LogP contribution in [-0.2, 0) is 14.3 Å². The van der Waals surface area contributed by atoms with Gasteiger partial charge in [0.2, 0.25) is 0 Å². The van der Waals surface area contributed by atoms with Gasteiger partial charge in [-0.2, -0.15) is 0 Å². The van der Waals surface area contributed by atoms with Crippen LogP contribution in [0.4, 0.5) is 5.69 Å². The molecular weight excluding hydrogens is 266 g/mol. The summed E-state index contributed by atoms with van der Waals surface area (Å²) in [6, 6.07) is 8.19. The maximum Gasteiger partial charge on any atom is 0.306 e. The van der Waals surface area contributed by atoms with E-state index in [2.05, 4.69) is 17.4 Å². The Morgan fingerprint density at radius 1 is 1.29 bits per heavy atom. The molecule has 1 saturated carbocycles. The zero-order valence-corrected chi connectivity index (χ0v) is 12.5. The van der Waals surface area contributed by atoms with Crippen LogP contribution < -0.4 is 5.32 Å². The fraction of sp³-hybridized carbons (Fsp3) is 0.588. The molecule has 3 rings (SSSR count). The Kier molecular flexibility index (Phi) is 4.44. The first-order valence-corrected chi connectivity index (χ1v) is 7.81. The SMILES string of the molecule is COC1CCCC(OC(=O)CC2CNc3ccccc32)C1. The van der Waals surface area contributed by atoms with Crippen LogP contribution in [0, 0.1) is 0 Å². The number of para-hydroxylation sites is 1. The molecule has 2 aliphatic rings. The first kappa shape index (κ1) is 14.4. The Hall–Kier alpha value is -1.55. The van der Waals surface area contributed by atoms with Gasteiger partial charge < -0.3 is 14.8 Å². The van der Waals surface area contributed by atoms with Crippen LogP contribution in [-0.4, -0.2) is 31.8 Å². The average Bonchev–Trinajstić information content (AvgIpc) is 2.91. The fourth-order valence-electron chi connectivity index (χ4n) is 3.40. The summed E-state index contributed by atoms with van der Waals surface area (Å²) in [6.07, 6.45) is 4.67. The van der Waals surface area contributed by atoms with Gasteiger partial charge in [-0.1, -0.05) is 18.2 Å². The molecule has 0 spiro atoms. The van der Waals surface area contributed by atoms with E-state index in [-0.39, 0.29) is 24.1 Å². The summed E-state index contributed by atoms with van der Waals surface area (Å²) in [7, 11) is 1.73. The number of hydrogen-bond donors (Lipinski definition) is 1. The number of fused-ring (bicyclic) bond motifs is 1. The van der Waals surface area contributed by atoms with Gasteiger partial charge in [-0.25, -0.2) is 0 Å². The molecule has 1 N–H and O–H groups in total. The van der Waals surface area contributed by atoms with Crippen LogP contribution in [0.5, 0.6) is 0 Å². The first-order valence-electron chi connectivity index (χ1n) is 7.81. The molecule has 4 nitrogen and oxygen atoms in total. The van der Waals surface area contributed by atoms with Gasteiger partial charge in [0, 0.05) is 31.7 Å². The third-order valence-corrected chi connectivity index (χ3v) is 4.56. The minimum Gasteiger partial charge on any atom is -0.462 e. The number of nitrogens with one attached hydrogen (secondary N) is 1. The molecule has 4 heteroatoms. The number of methoxy groups -OCH3 is 1. The van der Waals surface area contributed by atoms with Gasteiger partial charge in [0.25, 0.3) is 0 Å². The van der Waals surface area contributed by atoms with Crippen molar-refractivity contribution < 1.29 is 14.3 Å². The van der Waals surface area contributed by atoms with E-state index in [1.165, 1.54) is 5.56 Å². The molecule has 1 fully saturated rings. The molecule has 1 aromatic rings.